The third-order valence-corrected chi connectivity index (χ3v) is 2.81. The topological polar surface area (TPSA) is 96.6 Å². The van der Waals surface area contributed by atoms with Crippen molar-refractivity contribution in [3.63, 3.8) is 0 Å². The van der Waals surface area contributed by atoms with Crippen molar-refractivity contribution in [1.82, 2.24) is 5.32 Å². The maximum atomic E-state index is 11.3. The largest absolute Gasteiger partial charge is 0.443 e. The van der Waals surface area contributed by atoms with Gasteiger partial charge in [0.15, 0.2) is 0 Å². The molecule has 0 unspecified atom stereocenters. The van der Waals surface area contributed by atoms with E-state index in [2.05, 4.69) is 5.32 Å². The van der Waals surface area contributed by atoms with E-state index in [9.17, 15) is 13.2 Å². The molecule has 0 aromatic carbocycles. The summed E-state index contributed by atoms with van der Waals surface area (Å²) in [6.45, 7) is 2.61. The number of hydrogen-bond acceptors (Lipinski definition) is 4. The molecule has 0 aliphatic carbocycles. The quantitative estimate of drug-likeness (QED) is 0.464. The summed E-state index contributed by atoms with van der Waals surface area (Å²) in [5.74, 6) is -0.110. The molecule has 18 heavy (non-hydrogen) atoms. The molecule has 0 atom stereocenters. The van der Waals surface area contributed by atoms with Crippen LogP contribution in [0, 0.1) is 0 Å². The first-order chi connectivity index (χ1) is 8.43. The van der Waals surface area contributed by atoms with Crippen molar-refractivity contribution in [2.24, 2.45) is 0 Å². The zero-order valence-corrected chi connectivity index (χ0v) is 10.7. The van der Waals surface area contributed by atoms with Crippen LogP contribution in [0.5, 0.6) is 0 Å². The number of amides is 1. The van der Waals surface area contributed by atoms with Gasteiger partial charge in [-0.1, -0.05) is 13.3 Å². The molecule has 1 amide bonds. The molecule has 7 heteroatoms. The summed E-state index contributed by atoms with van der Waals surface area (Å²) >= 11 is 0. The van der Waals surface area contributed by atoms with Gasteiger partial charge in [-0.2, -0.15) is 8.42 Å². The Morgan fingerprint density at radius 1 is 1.50 bits per heavy atom. The molecule has 0 radical (unpaired) electrons. The zero-order valence-electron chi connectivity index (χ0n) is 9.92. The third kappa shape index (κ3) is 4.72. The molecule has 0 saturated heterocycles. The van der Waals surface area contributed by atoms with Gasteiger partial charge in [-0.25, -0.2) is 0 Å². The Labute approximate surface area is 105 Å². The second-order valence-electron chi connectivity index (χ2n) is 3.61. The van der Waals surface area contributed by atoms with Gasteiger partial charge < -0.3 is 9.73 Å². The molecule has 0 spiro atoms. The molecular weight excluding hydrogens is 258 g/mol. The molecule has 0 aliphatic rings. The van der Waals surface area contributed by atoms with E-state index < -0.39 is 15.2 Å². The van der Waals surface area contributed by atoms with Crippen molar-refractivity contribution in [1.29, 1.82) is 0 Å². The highest BCUT2D eigenvalue weighted by Crippen LogP contribution is 2.14. The van der Waals surface area contributed by atoms with Gasteiger partial charge in [0.05, 0.1) is 0 Å². The first-order valence-corrected chi connectivity index (χ1v) is 6.90. The lowest BCUT2D eigenvalue weighted by Crippen LogP contribution is -2.21. The van der Waals surface area contributed by atoms with Gasteiger partial charge in [-0.05, 0) is 24.6 Å². The highest BCUT2D eigenvalue weighted by molar-refractivity contribution is 7.85. The Morgan fingerprint density at radius 3 is 2.78 bits per heavy atom. The fourth-order valence-corrected chi connectivity index (χ4v) is 1.61. The molecule has 0 bridgehead atoms. The Kier molecular flexibility index (Phi) is 5.11. The van der Waals surface area contributed by atoms with Gasteiger partial charge in [0.2, 0.25) is 11.0 Å². The summed E-state index contributed by atoms with van der Waals surface area (Å²) in [5, 5.41) is 2.11. The van der Waals surface area contributed by atoms with Gasteiger partial charge in [-0.3, -0.25) is 9.35 Å². The monoisotopic (exact) mass is 273 g/mol. The van der Waals surface area contributed by atoms with Gasteiger partial charge in [0, 0.05) is 12.6 Å². The number of furan rings is 1. The first-order valence-electron chi connectivity index (χ1n) is 5.46. The second-order valence-corrected chi connectivity index (χ2v) is 4.96. The number of nitrogens with one attached hydrogen (secondary N) is 1. The minimum absolute atomic E-state index is 0.174. The van der Waals surface area contributed by atoms with Crippen molar-refractivity contribution in [3.05, 3.63) is 24.0 Å². The second kappa shape index (κ2) is 6.36. The first kappa shape index (κ1) is 14.5. The van der Waals surface area contributed by atoms with Crippen LogP contribution in [0.3, 0.4) is 0 Å². The van der Waals surface area contributed by atoms with Crippen molar-refractivity contribution < 1.29 is 22.2 Å². The summed E-state index contributed by atoms with van der Waals surface area (Å²) in [7, 11) is -4.34. The summed E-state index contributed by atoms with van der Waals surface area (Å²) in [4.78, 5) is 11.3. The van der Waals surface area contributed by atoms with Crippen LogP contribution in [0.1, 0.15) is 25.5 Å². The highest BCUT2D eigenvalue weighted by Gasteiger charge is 2.13. The third-order valence-electron chi connectivity index (χ3n) is 2.08. The van der Waals surface area contributed by atoms with E-state index in [1.807, 2.05) is 6.92 Å². The molecule has 0 saturated carbocycles. The molecule has 2 N–H and O–H groups in total. The minimum Gasteiger partial charge on any atom is -0.443 e. The minimum atomic E-state index is -4.34. The van der Waals surface area contributed by atoms with Crippen LogP contribution in [-0.2, 0) is 14.9 Å². The van der Waals surface area contributed by atoms with E-state index in [1.54, 1.807) is 0 Å². The van der Waals surface area contributed by atoms with Gasteiger partial charge in [0.25, 0.3) is 0 Å². The average molecular weight is 273 g/mol. The molecule has 1 aromatic rings. The van der Waals surface area contributed by atoms with Crippen LogP contribution in [-0.4, -0.2) is 25.4 Å². The van der Waals surface area contributed by atoms with E-state index in [-0.39, 0.29) is 11.7 Å². The lowest BCUT2D eigenvalue weighted by atomic mass is 10.3. The Hall–Kier alpha value is -1.60. The van der Waals surface area contributed by atoms with E-state index in [0.29, 0.717) is 6.54 Å². The van der Waals surface area contributed by atoms with Crippen molar-refractivity contribution in [2.45, 2.75) is 24.9 Å². The summed E-state index contributed by atoms with van der Waals surface area (Å²) in [5.41, 5.74) is 0. The fraction of sp³-hybridized carbons (Fsp3) is 0.364. The molecule has 100 valence electrons. The Bertz CT molecular complexity index is 529. The molecule has 1 rings (SSSR count). The fourth-order valence-electron chi connectivity index (χ4n) is 1.17. The van der Waals surface area contributed by atoms with Gasteiger partial charge >= 0.3 is 10.1 Å². The lowest BCUT2D eigenvalue weighted by Gasteiger charge is -1.98. The number of carbonyl (C=O) groups is 1. The van der Waals surface area contributed by atoms with Crippen molar-refractivity contribution >= 4 is 22.1 Å². The molecule has 1 heterocycles. The smallest absolute Gasteiger partial charge is 0.328 e. The van der Waals surface area contributed by atoms with E-state index >= 15 is 0 Å². The van der Waals surface area contributed by atoms with E-state index in [1.165, 1.54) is 18.2 Å². The normalized spacial score (nSPS) is 11.9. The average Bonchev–Trinajstić information content (AvgIpc) is 2.75. The van der Waals surface area contributed by atoms with Crippen LogP contribution in [0.4, 0.5) is 0 Å². The Balaban J connectivity index is 2.57. The zero-order chi connectivity index (χ0) is 13.6. The lowest BCUT2D eigenvalue weighted by molar-refractivity contribution is -0.116. The van der Waals surface area contributed by atoms with E-state index in [0.717, 1.165) is 18.9 Å². The predicted molar refractivity (Wildman–Crippen MR) is 65.5 cm³/mol. The summed E-state index contributed by atoms with van der Waals surface area (Å²) in [6, 6.07) is 2.46. The highest BCUT2D eigenvalue weighted by atomic mass is 32.2. The standard InChI is InChI=1S/C11H15NO5S/c1-2-3-8-12-10(13)6-4-9-5-7-11(17-9)18(14,15)16/h4-7H,2-3,8H2,1H3,(H,12,13)(H,14,15,16). The van der Waals surface area contributed by atoms with Crippen LogP contribution in [0.15, 0.2) is 27.7 Å². The molecular formula is C11H15NO5S. The van der Waals surface area contributed by atoms with E-state index in [4.69, 9.17) is 8.97 Å². The number of unbranched alkanes of at least 4 members (excludes halogenated alkanes) is 1. The van der Waals surface area contributed by atoms with Gasteiger partial charge in [-0.15, -0.1) is 0 Å². The predicted octanol–water partition coefficient (Wildman–Crippen LogP) is 1.46. The van der Waals surface area contributed by atoms with Crippen molar-refractivity contribution in [3.8, 4) is 0 Å². The van der Waals surface area contributed by atoms with Crippen LogP contribution in [0.25, 0.3) is 6.08 Å². The molecule has 6 nitrogen and oxygen atoms in total. The molecule has 1 aromatic heterocycles. The van der Waals surface area contributed by atoms with Crippen LogP contribution in [0.2, 0.25) is 0 Å². The number of carbonyl (C=O) groups excluding carboxylic acids is 1. The Morgan fingerprint density at radius 2 is 2.22 bits per heavy atom. The van der Waals surface area contributed by atoms with Gasteiger partial charge in [0.1, 0.15) is 5.76 Å². The summed E-state index contributed by atoms with van der Waals surface area (Å²) < 4.78 is 35.0. The SMILES string of the molecule is CCCCNC(=O)C=Cc1ccc(S(=O)(=O)O)o1. The van der Waals surface area contributed by atoms with Crippen LogP contribution >= 0.6 is 0 Å². The van der Waals surface area contributed by atoms with Crippen molar-refractivity contribution in [2.75, 3.05) is 6.54 Å². The maximum Gasteiger partial charge on any atom is 0.328 e. The maximum absolute atomic E-state index is 11.3. The molecule has 0 fully saturated rings. The molecule has 0 aliphatic heterocycles. The van der Waals surface area contributed by atoms with Crippen LogP contribution < -0.4 is 5.32 Å². The summed E-state index contributed by atoms with van der Waals surface area (Å²) in [6.07, 6.45) is 4.45. The number of hydrogen-bond donors (Lipinski definition) is 2. The number of rotatable bonds is 6.